The monoisotopic (exact) mass is 328 g/mol. The van der Waals surface area contributed by atoms with Crippen molar-refractivity contribution in [3.63, 3.8) is 0 Å². The molecule has 0 spiro atoms. The van der Waals surface area contributed by atoms with Crippen LogP contribution in [-0.4, -0.2) is 0 Å². The highest BCUT2D eigenvalue weighted by Crippen LogP contribution is 2.40. The molecule has 1 heteroatoms. The van der Waals surface area contributed by atoms with Crippen molar-refractivity contribution in [2.75, 3.05) is 0 Å². The minimum Gasteiger partial charge on any atom is -0.0836 e. The molecule has 1 aliphatic rings. The molecule has 104 valence electrons. The van der Waals surface area contributed by atoms with E-state index >= 15 is 0 Å². The van der Waals surface area contributed by atoms with Crippen LogP contribution in [0.5, 0.6) is 0 Å². The van der Waals surface area contributed by atoms with Gasteiger partial charge < -0.3 is 0 Å². The molecular weight excluding hydrogens is 308 g/mol. The van der Waals surface area contributed by atoms with E-state index < -0.39 is 0 Å². The van der Waals surface area contributed by atoms with Crippen LogP contribution in [0.2, 0.25) is 0 Å². The fourth-order valence-corrected chi connectivity index (χ4v) is 4.33. The molecule has 0 nitrogen and oxygen atoms in total. The predicted molar refractivity (Wildman–Crippen MR) is 89.5 cm³/mol. The zero-order valence-corrected chi connectivity index (χ0v) is 13.8. The number of alkyl halides is 1. The summed E-state index contributed by atoms with van der Waals surface area (Å²) in [5.41, 5.74) is 7.30. The van der Waals surface area contributed by atoms with Gasteiger partial charge in [0.15, 0.2) is 0 Å². The maximum Gasteiger partial charge on any atom is 0.0429 e. The van der Waals surface area contributed by atoms with E-state index in [4.69, 9.17) is 0 Å². The van der Waals surface area contributed by atoms with Gasteiger partial charge >= 0.3 is 0 Å². The molecule has 0 fully saturated rings. The SMILES string of the molecule is Cc1ccc(C(Br)C2CCc3ccccc3C2)c(C)c1. The maximum absolute atomic E-state index is 3.97. The third-order valence-corrected chi connectivity index (χ3v) is 5.76. The minimum absolute atomic E-state index is 0.469. The molecular formula is C19H21Br. The van der Waals surface area contributed by atoms with Crippen LogP contribution >= 0.6 is 15.9 Å². The Morgan fingerprint density at radius 1 is 1.05 bits per heavy atom. The molecule has 0 bridgehead atoms. The van der Waals surface area contributed by atoms with Gasteiger partial charge in [-0.05, 0) is 61.3 Å². The van der Waals surface area contributed by atoms with Crippen molar-refractivity contribution in [3.8, 4) is 0 Å². The van der Waals surface area contributed by atoms with Gasteiger partial charge in [-0.1, -0.05) is 64.0 Å². The normalized spacial score (nSPS) is 19.4. The Balaban J connectivity index is 1.84. The summed E-state index contributed by atoms with van der Waals surface area (Å²) >= 11 is 3.97. The highest BCUT2D eigenvalue weighted by atomic mass is 79.9. The van der Waals surface area contributed by atoms with E-state index in [0.717, 1.165) is 0 Å². The summed E-state index contributed by atoms with van der Waals surface area (Å²) in [5.74, 6) is 0.700. The molecule has 0 heterocycles. The van der Waals surface area contributed by atoms with Crippen molar-refractivity contribution in [2.45, 2.75) is 37.9 Å². The van der Waals surface area contributed by atoms with Gasteiger partial charge in [0.2, 0.25) is 0 Å². The smallest absolute Gasteiger partial charge is 0.0429 e. The third kappa shape index (κ3) is 2.69. The van der Waals surface area contributed by atoms with Crippen LogP contribution in [0.15, 0.2) is 42.5 Å². The first-order valence-electron chi connectivity index (χ1n) is 7.43. The predicted octanol–water partition coefficient (Wildman–Crippen LogP) is 5.54. The van der Waals surface area contributed by atoms with Crippen LogP contribution in [-0.2, 0) is 12.8 Å². The zero-order valence-electron chi connectivity index (χ0n) is 12.2. The molecule has 0 amide bonds. The van der Waals surface area contributed by atoms with Crippen molar-refractivity contribution in [3.05, 3.63) is 70.3 Å². The van der Waals surface area contributed by atoms with Gasteiger partial charge in [0.25, 0.3) is 0 Å². The minimum atomic E-state index is 0.469. The molecule has 1 aliphatic carbocycles. The van der Waals surface area contributed by atoms with E-state index in [0.29, 0.717) is 10.7 Å². The maximum atomic E-state index is 3.97. The van der Waals surface area contributed by atoms with Crippen LogP contribution in [0.1, 0.15) is 39.1 Å². The van der Waals surface area contributed by atoms with E-state index in [1.165, 1.54) is 41.5 Å². The van der Waals surface area contributed by atoms with E-state index in [-0.39, 0.29) is 0 Å². The number of aryl methyl sites for hydroxylation is 3. The largest absolute Gasteiger partial charge is 0.0836 e. The number of hydrogen-bond donors (Lipinski definition) is 0. The van der Waals surface area contributed by atoms with Gasteiger partial charge in [0, 0.05) is 4.83 Å². The number of fused-ring (bicyclic) bond motifs is 1. The number of halogens is 1. The number of benzene rings is 2. The van der Waals surface area contributed by atoms with E-state index in [1.54, 1.807) is 5.56 Å². The Labute approximate surface area is 130 Å². The topological polar surface area (TPSA) is 0 Å². The average molecular weight is 329 g/mol. The molecule has 0 radical (unpaired) electrons. The standard InChI is InChI=1S/C19H21Br/c1-13-7-10-18(14(2)11-13)19(20)17-9-8-15-5-3-4-6-16(15)12-17/h3-7,10-11,17,19H,8-9,12H2,1-2H3. The lowest BCUT2D eigenvalue weighted by atomic mass is 9.80. The van der Waals surface area contributed by atoms with Crippen molar-refractivity contribution in [1.29, 1.82) is 0 Å². The fourth-order valence-electron chi connectivity index (χ4n) is 3.36. The summed E-state index contributed by atoms with van der Waals surface area (Å²) in [6.07, 6.45) is 3.69. The summed E-state index contributed by atoms with van der Waals surface area (Å²) in [4.78, 5) is 0.469. The lowest BCUT2D eigenvalue weighted by Gasteiger charge is -2.29. The van der Waals surface area contributed by atoms with Gasteiger partial charge in [0.1, 0.15) is 0 Å². The zero-order chi connectivity index (χ0) is 14.1. The Kier molecular flexibility index (Phi) is 3.98. The summed E-state index contributed by atoms with van der Waals surface area (Å²) in [6.45, 7) is 4.39. The molecule has 2 aromatic rings. The van der Waals surface area contributed by atoms with Gasteiger partial charge in [-0.15, -0.1) is 0 Å². The molecule has 2 atom stereocenters. The molecule has 0 aromatic heterocycles. The summed E-state index contributed by atoms with van der Waals surface area (Å²) in [7, 11) is 0. The summed E-state index contributed by atoms with van der Waals surface area (Å²) in [6, 6.07) is 15.7. The van der Waals surface area contributed by atoms with E-state index in [9.17, 15) is 0 Å². The van der Waals surface area contributed by atoms with Gasteiger partial charge in [-0.2, -0.15) is 0 Å². The van der Waals surface area contributed by atoms with E-state index in [2.05, 4.69) is 72.2 Å². The Morgan fingerprint density at radius 2 is 1.80 bits per heavy atom. The van der Waals surface area contributed by atoms with Crippen LogP contribution in [0, 0.1) is 19.8 Å². The first-order valence-corrected chi connectivity index (χ1v) is 8.34. The molecule has 20 heavy (non-hydrogen) atoms. The van der Waals surface area contributed by atoms with Crippen LogP contribution in [0.4, 0.5) is 0 Å². The molecule has 0 aliphatic heterocycles. The van der Waals surface area contributed by atoms with E-state index in [1.807, 2.05) is 0 Å². The highest BCUT2D eigenvalue weighted by molar-refractivity contribution is 9.09. The Morgan fingerprint density at radius 3 is 2.55 bits per heavy atom. The molecule has 0 saturated carbocycles. The van der Waals surface area contributed by atoms with Gasteiger partial charge in [0.05, 0.1) is 0 Å². The summed E-state index contributed by atoms with van der Waals surface area (Å²) in [5, 5.41) is 0. The van der Waals surface area contributed by atoms with Crippen LogP contribution < -0.4 is 0 Å². The molecule has 2 aromatic carbocycles. The number of hydrogen-bond acceptors (Lipinski definition) is 0. The van der Waals surface area contributed by atoms with Gasteiger partial charge in [-0.25, -0.2) is 0 Å². The fraction of sp³-hybridized carbons (Fsp3) is 0.368. The van der Waals surface area contributed by atoms with Crippen LogP contribution in [0.25, 0.3) is 0 Å². The second-order valence-electron chi connectivity index (χ2n) is 6.03. The summed E-state index contributed by atoms with van der Waals surface area (Å²) < 4.78 is 0. The Hall–Kier alpha value is -1.08. The van der Waals surface area contributed by atoms with Crippen molar-refractivity contribution >= 4 is 15.9 Å². The lowest BCUT2D eigenvalue weighted by molar-refractivity contribution is 0.452. The molecule has 0 saturated heterocycles. The second-order valence-corrected chi connectivity index (χ2v) is 7.02. The van der Waals surface area contributed by atoms with Crippen molar-refractivity contribution < 1.29 is 0 Å². The Bertz CT molecular complexity index is 615. The first-order chi connectivity index (χ1) is 9.65. The van der Waals surface area contributed by atoms with Crippen molar-refractivity contribution in [1.82, 2.24) is 0 Å². The highest BCUT2D eigenvalue weighted by Gasteiger charge is 2.26. The quantitative estimate of drug-likeness (QED) is 0.634. The molecule has 3 rings (SSSR count). The average Bonchev–Trinajstić information content (AvgIpc) is 2.46. The van der Waals surface area contributed by atoms with Crippen molar-refractivity contribution in [2.24, 2.45) is 5.92 Å². The third-order valence-electron chi connectivity index (χ3n) is 4.52. The first kappa shape index (κ1) is 13.9. The second kappa shape index (κ2) is 5.73. The number of rotatable bonds is 2. The van der Waals surface area contributed by atoms with Gasteiger partial charge in [-0.3, -0.25) is 0 Å². The lowest BCUT2D eigenvalue weighted by Crippen LogP contribution is -2.18. The molecule has 2 unspecified atom stereocenters. The molecule has 0 N–H and O–H groups in total. The van der Waals surface area contributed by atoms with Crippen LogP contribution in [0.3, 0.4) is 0 Å².